The summed E-state index contributed by atoms with van der Waals surface area (Å²) in [4.78, 5) is 11.4. The highest BCUT2D eigenvalue weighted by Gasteiger charge is 2.09. The van der Waals surface area contributed by atoms with Crippen LogP contribution < -0.4 is 5.73 Å². The largest absolute Gasteiger partial charge is 0.398 e. The van der Waals surface area contributed by atoms with Gasteiger partial charge in [0.1, 0.15) is 0 Å². The molecule has 0 saturated carbocycles. The minimum atomic E-state index is -0.409. The molecule has 6 heteroatoms. The first kappa shape index (κ1) is 13.9. The summed E-state index contributed by atoms with van der Waals surface area (Å²) in [5, 5.41) is 10.7. The Labute approximate surface area is 123 Å². The lowest BCUT2D eigenvalue weighted by molar-refractivity contribution is -0.384. The average molecular weight is 339 g/mol. The van der Waals surface area contributed by atoms with Crippen LogP contribution in [0, 0.1) is 10.1 Å². The maximum atomic E-state index is 10.7. The SMILES string of the molecule is Nc1ccc([N+](=O)[O-])cc1CSc1ccc(Br)cc1. The molecule has 19 heavy (non-hydrogen) atoms. The number of nitrogen functional groups attached to an aromatic ring is 1. The lowest BCUT2D eigenvalue weighted by atomic mass is 10.2. The number of benzene rings is 2. The Morgan fingerprint density at radius 1 is 1.21 bits per heavy atom. The number of thioether (sulfide) groups is 1. The van der Waals surface area contributed by atoms with Gasteiger partial charge in [-0.1, -0.05) is 15.9 Å². The molecule has 0 radical (unpaired) electrons. The van der Waals surface area contributed by atoms with Crippen molar-refractivity contribution in [1.29, 1.82) is 0 Å². The summed E-state index contributed by atoms with van der Waals surface area (Å²) in [5.41, 5.74) is 7.26. The molecule has 0 heterocycles. The number of nitrogens with two attached hydrogens (primary N) is 1. The van der Waals surface area contributed by atoms with Gasteiger partial charge in [0.15, 0.2) is 0 Å². The van der Waals surface area contributed by atoms with Crippen LogP contribution in [0.25, 0.3) is 0 Å². The lowest BCUT2D eigenvalue weighted by Gasteiger charge is -2.05. The molecule has 0 atom stereocenters. The van der Waals surface area contributed by atoms with E-state index in [1.807, 2.05) is 24.3 Å². The van der Waals surface area contributed by atoms with E-state index < -0.39 is 4.92 Å². The number of nitro benzene ring substituents is 1. The molecule has 0 aliphatic carbocycles. The summed E-state index contributed by atoms with van der Waals surface area (Å²) in [7, 11) is 0. The van der Waals surface area contributed by atoms with E-state index in [2.05, 4.69) is 15.9 Å². The van der Waals surface area contributed by atoms with Crippen molar-refractivity contribution in [2.24, 2.45) is 0 Å². The van der Waals surface area contributed by atoms with Gasteiger partial charge in [-0.05, 0) is 35.9 Å². The Hall–Kier alpha value is -1.53. The first-order valence-electron chi connectivity index (χ1n) is 5.47. The Balaban J connectivity index is 2.12. The third kappa shape index (κ3) is 3.71. The molecule has 2 rings (SSSR count). The molecule has 2 aromatic carbocycles. The zero-order valence-electron chi connectivity index (χ0n) is 9.88. The number of hydrogen-bond donors (Lipinski definition) is 1. The number of non-ortho nitro benzene ring substituents is 1. The molecule has 0 amide bonds. The standard InChI is InChI=1S/C13H11BrN2O2S/c14-10-1-4-12(5-2-10)19-8-9-7-11(16(17)18)3-6-13(9)15/h1-7H,8,15H2. The average Bonchev–Trinajstić information content (AvgIpc) is 2.39. The van der Waals surface area contributed by atoms with E-state index in [0.717, 1.165) is 14.9 Å². The van der Waals surface area contributed by atoms with Crippen LogP contribution in [0.3, 0.4) is 0 Å². The molecule has 0 aromatic heterocycles. The second-order valence-corrected chi connectivity index (χ2v) is 5.85. The van der Waals surface area contributed by atoms with Gasteiger partial charge in [-0.25, -0.2) is 0 Å². The Kier molecular flexibility index (Phi) is 4.44. The Morgan fingerprint density at radius 3 is 2.53 bits per heavy atom. The fraction of sp³-hybridized carbons (Fsp3) is 0.0769. The Morgan fingerprint density at radius 2 is 1.89 bits per heavy atom. The van der Waals surface area contributed by atoms with Gasteiger partial charge in [-0.2, -0.15) is 0 Å². The first-order chi connectivity index (χ1) is 9.06. The third-order valence-electron chi connectivity index (χ3n) is 2.55. The quantitative estimate of drug-likeness (QED) is 0.392. The van der Waals surface area contributed by atoms with Crippen molar-refractivity contribution in [2.75, 3.05) is 5.73 Å². The van der Waals surface area contributed by atoms with Gasteiger partial charge < -0.3 is 5.73 Å². The second-order valence-electron chi connectivity index (χ2n) is 3.88. The molecule has 0 aliphatic heterocycles. The molecule has 0 bridgehead atoms. The van der Waals surface area contributed by atoms with Crippen molar-refractivity contribution in [1.82, 2.24) is 0 Å². The van der Waals surface area contributed by atoms with Crippen molar-refractivity contribution in [2.45, 2.75) is 10.6 Å². The van der Waals surface area contributed by atoms with E-state index >= 15 is 0 Å². The van der Waals surface area contributed by atoms with Gasteiger partial charge in [-0.15, -0.1) is 11.8 Å². The minimum Gasteiger partial charge on any atom is -0.398 e. The number of nitro groups is 1. The minimum absolute atomic E-state index is 0.0700. The highest BCUT2D eigenvalue weighted by atomic mass is 79.9. The molecular weight excluding hydrogens is 328 g/mol. The molecule has 0 spiro atoms. The van der Waals surface area contributed by atoms with Crippen molar-refractivity contribution in [3.63, 3.8) is 0 Å². The number of rotatable bonds is 4. The topological polar surface area (TPSA) is 69.2 Å². The maximum Gasteiger partial charge on any atom is 0.269 e. The highest BCUT2D eigenvalue weighted by molar-refractivity contribution is 9.10. The van der Waals surface area contributed by atoms with E-state index in [4.69, 9.17) is 5.73 Å². The van der Waals surface area contributed by atoms with Crippen molar-refractivity contribution >= 4 is 39.1 Å². The number of anilines is 1. The molecule has 0 unspecified atom stereocenters. The van der Waals surface area contributed by atoms with Crippen LogP contribution in [0.5, 0.6) is 0 Å². The molecule has 0 fully saturated rings. The van der Waals surface area contributed by atoms with Gasteiger partial charge in [0.05, 0.1) is 4.92 Å². The van der Waals surface area contributed by atoms with E-state index in [1.54, 1.807) is 17.8 Å². The number of halogens is 1. The fourth-order valence-electron chi connectivity index (χ4n) is 1.52. The van der Waals surface area contributed by atoms with Crippen LogP contribution in [0.2, 0.25) is 0 Å². The van der Waals surface area contributed by atoms with Crippen LogP contribution >= 0.6 is 27.7 Å². The summed E-state index contributed by atoms with van der Waals surface area (Å²) in [6, 6.07) is 12.4. The predicted octanol–water partition coefficient (Wildman–Crippen LogP) is 4.23. The van der Waals surface area contributed by atoms with Gasteiger partial charge >= 0.3 is 0 Å². The normalized spacial score (nSPS) is 10.4. The van der Waals surface area contributed by atoms with Gasteiger partial charge in [0.2, 0.25) is 0 Å². The highest BCUT2D eigenvalue weighted by Crippen LogP contribution is 2.28. The first-order valence-corrected chi connectivity index (χ1v) is 7.25. The summed E-state index contributed by atoms with van der Waals surface area (Å²) >= 11 is 4.97. The van der Waals surface area contributed by atoms with Gasteiger partial charge in [-0.3, -0.25) is 10.1 Å². The van der Waals surface area contributed by atoms with E-state index in [-0.39, 0.29) is 5.69 Å². The smallest absolute Gasteiger partial charge is 0.269 e. The van der Waals surface area contributed by atoms with Crippen LogP contribution in [0.15, 0.2) is 51.8 Å². The Bertz CT molecular complexity index is 602. The van der Waals surface area contributed by atoms with Gasteiger partial charge in [0, 0.05) is 32.9 Å². The van der Waals surface area contributed by atoms with Crippen LogP contribution in [0.4, 0.5) is 11.4 Å². The van der Waals surface area contributed by atoms with Crippen molar-refractivity contribution < 1.29 is 4.92 Å². The molecule has 0 saturated heterocycles. The maximum absolute atomic E-state index is 10.7. The molecular formula is C13H11BrN2O2S. The van der Waals surface area contributed by atoms with Crippen LogP contribution in [-0.4, -0.2) is 4.92 Å². The fourth-order valence-corrected chi connectivity index (χ4v) is 2.69. The molecule has 0 aliphatic rings. The predicted molar refractivity (Wildman–Crippen MR) is 81.2 cm³/mol. The molecule has 98 valence electrons. The summed E-state index contributed by atoms with van der Waals surface area (Å²) in [6.45, 7) is 0. The van der Waals surface area contributed by atoms with Gasteiger partial charge in [0.25, 0.3) is 5.69 Å². The van der Waals surface area contributed by atoms with Crippen LogP contribution in [0.1, 0.15) is 5.56 Å². The zero-order chi connectivity index (χ0) is 13.8. The third-order valence-corrected chi connectivity index (χ3v) is 4.13. The summed E-state index contributed by atoms with van der Waals surface area (Å²) in [5.74, 6) is 0.606. The van der Waals surface area contributed by atoms with E-state index in [0.29, 0.717) is 11.4 Å². The monoisotopic (exact) mass is 338 g/mol. The zero-order valence-corrected chi connectivity index (χ0v) is 12.3. The van der Waals surface area contributed by atoms with Crippen LogP contribution in [-0.2, 0) is 5.75 Å². The van der Waals surface area contributed by atoms with E-state index in [9.17, 15) is 10.1 Å². The van der Waals surface area contributed by atoms with E-state index in [1.165, 1.54) is 12.1 Å². The summed E-state index contributed by atoms with van der Waals surface area (Å²) in [6.07, 6.45) is 0. The molecule has 2 aromatic rings. The summed E-state index contributed by atoms with van der Waals surface area (Å²) < 4.78 is 1.02. The number of hydrogen-bond acceptors (Lipinski definition) is 4. The second kappa shape index (κ2) is 6.08. The lowest BCUT2D eigenvalue weighted by Crippen LogP contribution is -1.95. The van der Waals surface area contributed by atoms with Crippen molar-refractivity contribution in [3.05, 3.63) is 62.6 Å². The molecule has 4 nitrogen and oxygen atoms in total. The number of nitrogens with zero attached hydrogens (tertiary/aromatic N) is 1. The molecule has 2 N–H and O–H groups in total. The van der Waals surface area contributed by atoms with Crippen molar-refractivity contribution in [3.8, 4) is 0 Å².